The standard InChI is InChI=1S/C9H12N2O/c1-5-8-4-10-7(3)11-9(8)6(2)12-5/h4-6H,1-3H3. The number of hydrogen-bond acceptors (Lipinski definition) is 3. The molecule has 0 amide bonds. The lowest BCUT2D eigenvalue weighted by Gasteiger charge is -2.02. The first-order valence-corrected chi connectivity index (χ1v) is 4.17. The fourth-order valence-electron chi connectivity index (χ4n) is 1.58. The van der Waals surface area contributed by atoms with Gasteiger partial charge in [-0.15, -0.1) is 0 Å². The van der Waals surface area contributed by atoms with Crippen LogP contribution in [0.3, 0.4) is 0 Å². The van der Waals surface area contributed by atoms with E-state index >= 15 is 0 Å². The quantitative estimate of drug-likeness (QED) is 0.587. The Morgan fingerprint density at radius 3 is 2.83 bits per heavy atom. The van der Waals surface area contributed by atoms with Crippen LogP contribution in [0.15, 0.2) is 6.20 Å². The van der Waals surface area contributed by atoms with E-state index in [2.05, 4.69) is 9.97 Å². The Labute approximate surface area is 71.8 Å². The van der Waals surface area contributed by atoms with Crippen LogP contribution in [0.5, 0.6) is 0 Å². The fraction of sp³-hybridized carbons (Fsp3) is 0.556. The van der Waals surface area contributed by atoms with Gasteiger partial charge in [-0.1, -0.05) is 0 Å². The molecule has 0 spiro atoms. The van der Waals surface area contributed by atoms with Crippen molar-refractivity contribution in [3.8, 4) is 0 Å². The van der Waals surface area contributed by atoms with Crippen molar-refractivity contribution in [1.29, 1.82) is 0 Å². The van der Waals surface area contributed by atoms with E-state index in [-0.39, 0.29) is 12.2 Å². The second-order valence-electron chi connectivity index (χ2n) is 3.18. The van der Waals surface area contributed by atoms with Crippen molar-refractivity contribution in [3.05, 3.63) is 23.3 Å². The zero-order chi connectivity index (χ0) is 8.72. The molecular weight excluding hydrogens is 152 g/mol. The van der Waals surface area contributed by atoms with E-state index in [1.165, 1.54) is 0 Å². The molecule has 2 heterocycles. The summed E-state index contributed by atoms with van der Waals surface area (Å²) in [4.78, 5) is 8.49. The van der Waals surface area contributed by atoms with E-state index in [0.717, 1.165) is 17.1 Å². The summed E-state index contributed by atoms with van der Waals surface area (Å²) in [5.41, 5.74) is 2.18. The van der Waals surface area contributed by atoms with Gasteiger partial charge in [-0.25, -0.2) is 9.97 Å². The molecule has 0 aliphatic carbocycles. The predicted molar refractivity (Wildman–Crippen MR) is 44.7 cm³/mol. The number of fused-ring (bicyclic) bond motifs is 1. The summed E-state index contributed by atoms with van der Waals surface area (Å²) in [6.07, 6.45) is 2.14. The Balaban J connectivity index is 2.53. The van der Waals surface area contributed by atoms with Crippen LogP contribution in [0.2, 0.25) is 0 Å². The third kappa shape index (κ3) is 1.01. The van der Waals surface area contributed by atoms with Crippen LogP contribution in [0.4, 0.5) is 0 Å². The minimum absolute atomic E-state index is 0.122. The summed E-state index contributed by atoms with van der Waals surface area (Å²) in [6, 6.07) is 0. The zero-order valence-corrected chi connectivity index (χ0v) is 7.53. The van der Waals surface area contributed by atoms with Crippen LogP contribution in [0.25, 0.3) is 0 Å². The van der Waals surface area contributed by atoms with Crippen LogP contribution in [0.1, 0.15) is 43.1 Å². The number of aromatic nitrogens is 2. The summed E-state index contributed by atoms with van der Waals surface area (Å²) in [7, 11) is 0. The van der Waals surface area contributed by atoms with Gasteiger partial charge in [0.15, 0.2) is 0 Å². The second kappa shape index (κ2) is 2.52. The molecule has 1 aromatic heterocycles. The molecule has 12 heavy (non-hydrogen) atoms. The second-order valence-corrected chi connectivity index (χ2v) is 3.18. The van der Waals surface area contributed by atoms with Crippen molar-refractivity contribution in [2.45, 2.75) is 33.0 Å². The smallest absolute Gasteiger partial charge is 0.125 e. The predicted octanol–water partition coefficient (Wildman–Crippen LogP) is 1.94. The molecule has 0 fully saturated rings. The van der Waals surface area contributed by atoms with Crippen molar-refractivity contribution < 1.29 is 4.74 Å². The van der Waals surface area contributed by atoms with E-state index in [4.69, 9.17) is 4.74 Å². The van der Waals surface area contributed by atoms with Gasteiger partial charge in [0.25, 0.3) is 0 Å². The lowest BCUT2D eigenvalue weighted by molar-refractivity contribution is 0.0319. The summed E-state index contributed by atoms with van der Waals surface area (Å²) >= 11 is 0. The number of aryl methyl sites for hydroxylation is 1. The minimum atomic E-state index is 0.122. The van der Waals surface area contributed by atoms with Crippen LogP contribution in [-0.4, -0.2) is 9.97 Å². The van der Waals surface area contributed by atoms with Gasteiger partial charge in [0.1, 0.15) is 5.82 Å². The molecule has 0 aromatic carbocycles. The fourth-order valence-corrected chi connectivity index (χ4v) is 1.58. The summed E-state index contributed by atoms with van der Waals surface area (Å²) in [5, 5.41) is 0. The molecule has 0 N–H and O–H groups in total. The highest BCUT2D eigenvalue weighted by molar-refractivity contribution is 5.25. The molecule has 0 saturated carbocycles. The average Bonchev–Trinajstić information content (AvgIpc) is 2.28. The van der Waals surface area contributed by atoms with Crippen molar-refractivity contribution in [2.24, 2.45) is 0 Å². The highest BCUT2D eigenvalue weighted by Crippen LogP contribution is 2.36. The van der Waals surface area contributed by atoms with Gasteiger partial charge in [0, 0.05) is 11.8 Å². The highest BCUT2D eigenvalue weighted by atomic mass is 16.5. The molecule has 0 bridgehead atoms. The van der Waals surface area contributed by atoms with Crippen LogP contribution in [0, 0.1) is 6.92 Å². The van der Waals surface area contributed by atoms with Crippen molar-refractivity contribution in [2.75, 3.05) is 0 Å². The molecule has 2 atom stereocenters. The SMILES string of the molecule is Cc1ncc2c(n1)C(C)OC2C. The van der Waals surface area contributed by atoms with Crippen molar-refractivity contribution >= 4 is 0 Å². The Kier molecular flexibility index (Phi) is 1.61. The molecule has 1 aliphatic rings. The molecule has 0 radical (unpaired) electrons. The molecule has 0 saturated heterocycles. The van der Waals surface area contributed by atoms with Gasteiger partial charge in [-0.3, -0.25) is 0 Å². The van der Waals surface area contributed by atoms with Gasteiger partial charge in [-0.2, -0.15) is 0 Å². The van der Waals surface area contributed by atoms with E-state index in [9.17, 15) is 0 Å². The first kappa shape index (κ1) is 7.68. The molecule has 64 valence electrons. The third-order valence-corrected chi connectivity index (χ3v) is 2.20. The molecular formula is C9H12N2O. The lowest BCUT2D eigenvalue weighted by Crippen LogP contribution is -1.96. The van der Waals surface area contributed by atoms with E-state index in [1.807, 2.05) is 27.0 Å². The molecule has 1 aromatic rings. The largest absolute Gasteiger partial charge is 0.364 e. The summed E-state index contributed by atoms with van der Waals surface area (Å²) in [6.45, 7) is 5.95. The Bertz CT molecular complexity index is 311. The zero-order valence-electron chi connectivity index (χ0n) is 7.53. The van der Waals surface area contributed by atoms with Gasteiger partial charge >= 0.3 is 0 Å². The van der Waals surface area contributed by atoms with Crippen LogP contribution in [-0.2, 0) is 4.74 Å². The molecule has 1 aliphatic heterocycles. The van der Waals surface area contributed by atoms with Crippen LogP contribution >= 0.6 is 0 Å². The highest BCUT2D eigenvalue weighted by Gasteiger charge is 2.27. The minimum Gasteiger partial charge on any atom is -0.364 e. The molecule has 2 rings (SSSR count). The summed E-state index contributed by atoms with van der Waals surface area (Å²) in [5.74, 6) is 0.818. The summed E-state index contributed by atoms with van der Waals surface area (Å²) < 4.78 is 5.58. The van der Waals surface area contributed by atoms with E-state index in [1.54, 1.807) is 0 Å². The Hall–Kier alpha value is -0.960. The number of ether oxygens (including phenoxy) is 1. The molecule has 3 heteroatoms. The number of hydrogen-bond donors (Lipinski definition) is 0. The molecule has 3 nitrogen and oxygen atoms in total. The van der Waals surface area contributed by atoms with Gasteiger partial charge in [0.05, 0.1) is 17.9 Å². The Morgan fingerprint density at radius 2 is 2.08 bits per heavy atom. The third-order valence-electron chi connectivity index (χ3n) is 2.20. The van der Waals surface area contributed by atoms with E-state index < -0.39 is 0 Å². The monoisotopic (exact) mass is 164 g/mol. The number of rotatable bonds is 0. The average molecular weight is 164 g/mol. The van der Waals surface area contributed by atoms with Crippen molar-refractivity contribution in [1.82, 2.24) is 9.97 Å². The topological polar surface area (TPSA) is 35.0 Å². The van der Waals surface area contributed by atoms with Gasteiger partial charge in [-0.05, 0) is 20.8 Å². The van der Waals surface area contributed by atoms with E-state index in [0.29, 0.717) is 0 Å². The van der Waals surface area contributed by atoms with Crippen molar-refractivity contribution in [3.63, 3.8) is 0 Å². The number of nitrogens with zero attached hydrogens (tertiary/aromatic N) is 2. The molecule has 2 unspecified atom stereocenters. The maximum atomic E-state index is 5.58. The first-order valence-electron chi connectivity index (χ1n) is 4.17. The lowest BCUT2D eigenvalue weighted by atomic mass is 10.1. The maximum absolute atomic E-state index is 5.58. The van der Waals surface area contributed by atoms with Gasteiger partial charge in [0.2, 0.25) is 0 Å². The maximum Gasteiger partial charge on any atom is 0.125 e. The first-order chi connectivity index (χ1) is 5.68. The van der Waals surface area contributed by atoms with Gasteiger partial charge < -0.3 is 4.74 Å². The normalized spacial score (nSPS) is 27.2. The van der Waals surface area contributed by atoms with Crippen LogP contribution < -0.4 is 0 Å². The Morgan fingerprint density at radius 1 is 1.33 bits per heavy atom.